The van der Waals surface area contributed by atoms with E-state index >= 15 is 0 Å². The highest BCUT2D eigenvalue weighted by Gasteiger charge is 2.15. The second kappa shape index (κ2) is 40.5. The number of carbonyl (C=O) groups is 1. The van der Waals surface area contributed by atoms with Crippen molar-refractivity contribution in [3.05, 3.63) is 72.9 Å². The molecule has 318 valence electrons. The van der Waals surface area contributed by atoms with Crippen LogP contribution in [0.15, 0.2) is 77.8 Å². The summed E-state index contributed by atoms with van der Waals surface area (Å²) >= 11 is 1.55. The molecule has 1 N–H and O–H groups in total. The minimum absolute atomic E-state index is 0.0188. The maximum absolute atomic E-state index is 12.9. The molecule has 0 heterocycles. The minimum Gasteiger partial charge on any atom is -0.482 e. The molecule has 1 aromatic rings. The normalized spacial score (nSPS) is 12.3. The van der Waals surface area contributed by atoms with Gasteiger partial charge in [-0.1, -0.05) is 146 Å². The Morgan fingerprint density at radius 2 is 1.05 bits per heavy atom. The molecule has 0 unspecified atom stereocenters. The summed E-state index contributed by atoms with van der Waals surface area (Å²) in [4.78, 5) is 14.0. The molecule has 1 aromatic carbocycles. The molecule has 0 atom stereocenters. The van der Waals surface area contributed by atoms with E-state index in [2.05, 4.69) is 85.7 Å². The lowest BCUT2D eigenvalue weighted by Crippen LogP contribution is -2.23. The average molecular weight is 794 g/mol. The first kappa shape index (κ1) is 51.3. The molecule has 0 aliphatic heterocycles. The number of benzene rings is 1. The first-order chi connectivity index (χ1) is 27.6. The second-order valence-electron chi connectivity index (χ2n) is 15.4. The molecule has 0 saturated heterocycles. The van der Waals surface area contributed by atoms with Gasteiger partial charge in [-0.3, -0.25) is 4.58 Å². The fourth-order valence-electron chi connectivity index (χ4n) is 6.55. The fourth-order valence-corrected chi connectivity index (χ4v) is 7.19. The fraction of sp³-hybridized carbons (Fsp3) is 0.680. The van der Waals surface area contributed by atoms with Crippen molar-refractivity contribution in [2.24, 2.45) is 0 Å². The van der Waals surface area contributed by atoms with Gasteiger partial charge in [0, 0.05) is 0 Å². The van der Waals surface area contributed by atoms with E-state index < -0.39 is 0 Å². The van der Waals surface area contributed by atoms with Crippen LogP contribution in [0.1, 0.15) is 194 Å². The molecule has 56 heavy (non-hydrogen) atoms. The molecule has 0 aromatic heterocycles. The first-order valence-electron chi connectivity index (χ1n) is 23.1. The van der Waals surface area contributed by atoms with Gasteiger partial charge in [0.1, 0.15) is 11.9 Å². The predicted molar refractivity (Wildman–Crippen MR) is 246 cm³/mol. The van der Waals surface area contributed by atoms with Gasteiger partial charge in [-0.2, -0.15) is 0 Å². The third-order valence-corrected chi connectivity index (χ3v) is 10.7. The van der Waals surface area contributed by atoms with E-state index in [0.29, 0.717) is 5.75 Å². The zero-order chi connectivity index (χ0) is 40.4. The topological polar surface area (TPSA) is 50.6 Å². The summed E-state index contributed by atoms with van der Waals surface area (Å²) in [6.07, 6.45) is 53.4. The Labute approximate surface area is 350 Å². The van der Waals surface area contributed by atoms with Crippen molar-refractivity contribution in [1.29, 1.82) is 0 Å². The quantitative estimate of drug-likeness (QED) is 0.0137. The molecule has 0 saturated carbocycles. The van der Waals surface area contributed by atoms with Crippen molar-refractivity contribution in [3.8, 4) is 5.75 Å². The van der Waals surface area contributed by atoms with E-state index in [1.54, 1.807) is 11.9 Å². The van der Waals surface area contributed by atoms with Crippen molar-refractivity contribution in [2.45, 2.75) is 205 Å². The Balaban J connectivity index is 2.36. The molecule has 5 nitrogen and oxygen atoms in total. The molecule has 1 rings (SSSR count). The Morgan fingerprint density at radius 3 is 1.52 bits per heavy atom. The number of hydrogen-bond acceptors (Lipinski definition) is 4. The molecule has 0 bridgehead atoms. The van der Waals surface area contributed by atoms with Gasteiger partial charge < -0.3 is 9.47 Å². The molecule has 6 heteroatoms. The number of nitrogens with one attached hydrogen (secondary N) is 1. The van der Waals surface area contributed by atoms with Gasteiger partial charge in [0.2, 0.25) is 6.34 Å². The van der Waals surface area contributed by atoms with Crippen molar-refractivity contribution < 1.29 is 18.8 Å². The van der Waals surface area contributed by atoms with Crippen LogP contribution in [0.2, 0.25) is 0 Å². The van der Waals surface area contributed by atoms with Crippen LogP contribution in [0.25, 0.3) is 0 Å². The number of unbranched alkanes of at least 4 members (excludes halogenated alkanes) is 18. The van der Waals surface area contributed by atoms with Crippen molar-refractivity contribution >= 4 is 24.3 Å². The third kappa shape index (κ3) is 34.5. The molecule has 0 radical (unpaired) electrons. The summed E-state index contributed by atoms with van der Waals surface area (Å²) in [5.41, 5.74) is 0. The maximum Gasteiger partial charge on any atom is 0.344 e. The second-order valence-corrected chi connectivity index (χ2v) is 16.4. The molecule has 0 aliphatic rings. The number of ether oxygens (including phenoxy) is 2. The van der Waals surface area contributed by atoms with Gasteiger partial charge in [-0.15, -0.1) is 0 Å². The maximum atomic E-state index is 12.9. The summed E-state index contributed by atoms with van der Waals surface area (Å²) in [6, 6.07) is 7.84. The number of rotatable bonds is 39. The van der Waals surface area contributed by atoms with Crippen LogP contribution in [0.5, 0.6) is 5.75 Å². The van der Waals surface area contributed by atoms with Crippen LogP contribution in [0.4, 0.5) is 0 Å². The highest BCUT2D eigenvalue weighted by Crippen LogP contribution is 2.20. The van der Waals surface area contributed by atoms with E-state index in [-0.39, 0.29) is 18.7 Å². The number of nitrogens with zero attached hydrogens (tertiary/aromatic N) is 1. The van der Waals surface area contributed by atoms with Crippen molar-refractivity contribution in [3.63, 3.8) is 0 Å². The first-order valence-corrected chi connectivity index (χ1v) is 23.9. The average Bonchev–Trinajstić information content (AvgIpc) is 3.20. The highest BCUT2D eigenvalue weighted by atomic mass is 32.2. The van der Waals surface area contributed by atoms with Gasteiger partial charge >= 0.3 is 5.97 Å². The number of esters is 1. The third-order valence-electron chi connectivity index (χ3n) is 9.96. The van der Waals surface area contributed by atoms with Crippen molar-refractivity contribution in [2.75, 3.05) is 20.2 Å². The Hall–Kier alpha value is -2.73. The lowest BCUT2D eigenvalue weighted by atomic mass is 10.0. The van der Waals surface area contributed by atoms with E-state index in [0.717, 1.165) is 56.4 Å². The smallest absolute Gasteiger partial charge is 0.344 e. The zero-order valence-electron chi connectivity index (χ0n) is 36.7. The summed E-state index contributed by atoms with van der Waals surface area (Å²) in [6.45, 7) is 7.65. The largest absolute Gasteiger partial charge is 0.482 e. The highest BCUT2D eigenvalue weighted by molar-refractivity contribution is 7.97. The van der Waals surface area contributed by atoms with Crippen LogP contribution >= 0.6 is 11.9 Å². The minimum atomic E-state index is -0.260. The van der Waals surface area contributed by atoms with E-state index in [1.807, 2.05) is 30.6 Å². The summed E-state index contributed by atoms with van der Waals surface area (Å²) in [7, 11) is 2.06. The standard InChI is InChI=1S/C50H84N2O3S/c1-5-8-10-12-14-16-18-20-22-24-26-28-30-32-34-36-38-48(39-37-35-33-31-29-27-25-23-21-19-17-15-13-11-9-6-2)55-50(53)45-54-47-40-42-49(43-41-47)56-51-46-52(4)44-7-3/h14-17,20-23,40-43,46,48H,5-13,18-19,24-39,44-45H2,1-4H3/p+1/b16-14-,17-15-,22-20-,23-21-. The predicted octanol–water partition coefficient (Wildman–Crippen LogP) is 15.1. The van der Waals surface area contributed by atoms with Gasteiger partial charge in [-0.25, -0.2) is 9.52 Å². The van der Waals surface area contributed by atoms with E-state index in [9.17, 15) is 4.79 Å². The van der Waals surface area contributed by atoms with Crippen LogP contribution in [0.3, 0.4) is 0 Å². The lowest BCUT2D eigenvalue weighted by Gasteiger charge is -2.18. The SMILES string of the molecule is CCCCC/C=C\C/C=C\CCCCCCCCC(CCCCCCCC/C=C\C/C=C\CCCCC)OC(=O)COc1ccc(SNC=[N+](C)CCC)cc1. The molecular weight excluding hydrogens is 709 g/mol. The molecule has 0 aliphatic carbocycles. The number of hydrogen-bond donors (Lipinski definition) is 1. The van der Waals surface area contributed by atoms with Gasteiger partial charge in [-0.05, 0) is 121 Å². The summed E-state index contributed by atoms with van der Waals surface area (Å²) in [5.74, 6) is 0.425. The Bertz CT molecular complexity index is 1130. The van der Waals surface area contributed by atoms with E-state index in [1.165, 1.54) is 128 Å². The van der Waals surface area contributed by atoms with Crippen LogP contribution < -0.4 is 9.46 Å². The van der Waals surface area contributed by atoms with Crippen molar-refractivity contribution in [1.82, 2.24) is 4.72 Å². The van der Waals surface area contributed by atoms with Gasteiger partial charge in [0.05, 0.1) is 30.4 Å². The monoisotopic (exact) mass is 794 g/mol. The van der Waals surface area contributed by atoms with Crippen LogP contribution in [-0.2, 0) is 9.53 Å². The van der Waals surface area contributed by atoms with Crippen LogP contribution in [0, 0.1) is 0 Å². The summed E-state index contributed by atoms with van der Waals surface area (Å²) in [5, 5.41) is 0. The van der Waals surface area contributed by atoms with Gasteiger partial charge in [0.15, 0.2) is 6.61 Å². The Kier molecular flexibility index (Phi) is 37.1. The molecular formula is C50H85N2O3S+. The number of allylic oxidation sites excluding steroid dienone is 8. The summed E-state index contributed by atoms with van der Waals surface area (Å²) < 4.78 is 17.3. The molecule has 0 spiro atoms. The number of carbonyl (C=O) groups excluding carboxylic acids is 1. The van der Waals surface area contributed by atoms with E-state index in [4.69, 9.17) is 9.47 Å². The molecule has 0 amide bonds. The van der Waals surface area contributed by atoms with Crippen LogP contribution in [-0.4, -0.2) is 43.2 Å². The Morgan fingerprint density at radius 1 is 0.607 bits per heavy atom. The molecule has 0 fully saturated rings. The lowest BCUT2D eigenvalue weighted by molar-refractivity contribution is -0.493. The zero-order valence-corrected chi connectivity index (χ0v) is 37.5. The van der Waals surface area contributed by atoms with Gasteiger partial charge in [0.25, 0.3) is 0 Å².